The van der Waals surface area contributed by atoms with Crippen LogP contribution in [0.15, 0.2) is 70.4 Å². The molecule has 0 aliphatic heterocycles. The molecule has 0 bridgehead atoms. The summed E-state index contributed by atoms with van der Waals surface area (Å²) in [4.78, 5) is 24.0. The van der Waals surface area contributed by atoms with Crippen molar-refractivity contribution in [3.05, 3.63) is 77.2 Å². The van der Waals surface area contributed by atoms with Gasteiger partial charge in [0.25, 0.3) is 15.9 Å². The van der Waals surface area contributed by atoms with Gasteiger partial charge in [0.2, 0.25) is 5.91 Å². The van der Waals surface area contributed by atoms with Crippen molar-refractivity contribution in [3.63, 3.8) is 0 Å². The first-order valence-corrected chi connectivity index (χ1v) is 11.1. The number of benzene rings is 2. The Morgan fingerprint density at radius 2 is 1.87 bits per heavy atom. The predicted molar refractivity (Wildman–Crippen MR) is 118 cm³/mol. The quantitative estimate of drug-likeness (QED) is 0.471. The molecule has 0 saturated heterocycles. The number of halogens is 1. The van der Waals surface area contributed by atoms with Gasteiger partial charge in [-0.25, -0.2) is 8.42 Å². The Bertz CT molecular complexity index is 1190. The Morgan fingerprint density at radius 3 is 2.58 bits per heavy atom. The lowest BCUT2D eigenvalue weighted by Gasteiger charge is -2.13. The van der Waals surface area contributed by atoms with Gasteiger partial charge in [0, 0.05) is 18.7 Å². The normalized spacial score (nSPS) is 11.0. The molecule has 1 aromatic heterocycles. The number of furan rings is 1. The third kappa shape index (κ3) is 5.87. The van der Waals surface area contributed by atoms with Crippen LogP contribution in [0.2, 0.25) is 5.02 Å². The van der Waals surface area contributed by atoms with Crippen LogP contribution in [0.5, 0.6) is 0 Å². The van der Waals surface area contributed by atoms with E-state index in [2.05, 4.69) is 15.4 Å². The SMILES string of the molecule is Cc1ccc(NC(=O)CCNC(=O)c2ccoc2)cc1S(=O)(=O)Nc1ccccc1Cl. The van der Waals surface area contributed by atoms with Crippen molar-refractivity contribution in [1.29, 1.82) is 0 Å². The third-order valence-electron chi connectivity index (χ3n) is 4.30. The molecule has 2 aromatic carbocycles. The smallest absolute Gasteiger partial charge is 0.262 e. The van der Waals surface area contributed by atoms with Crippen molar-refractivity contribution in [2.45, 2.75) is 18.2 Å². The second kappa shape index (κ2) is 9.67. The molecule has 0 radical (unpaired) electrons. The predicted octanol–water partition coefficient (Wildman–Crippen LogP) is 3.80. The number of nitrogens with one attached hydrogen (secondary N) is 3. The number of rotatable bonds is 8. The minimum atomic E-state index is -3.93. The van der Waals surface area contributed by atoms with Crippen molar-refractivity contribution in [1.82, 2.24) is 5.32 Å². The number of sulfonamides is 1. The van der Waals surface area contributed by atoms with E-state index in [9.17, 15) is 18.0 Å². The van der Waals surface area contributed by atoms with Crippen LogP contribution in [0.3, 0.4) is 0 Å². The molecule has 8 nitrogen and oxygen atoms in total. The maximum absolute atomic E-state index is 12.8. The first-order valence-electron chi connectivity index (χ1n) is 9.24. The van der Waals surface area contributed by atoms with Crippen LogP contribution < -0.4 is 15.4 Å². The number of hydrogen-bond acceptors (Lipinski definition) is 5. The minimum Gasteiger partial charge on any atom is -0.472 e. The van der Waals surface area contributed by atoms with Gasteiger partial charge in [-0.15, -0.1) is 0 Å². The highest BCUT2D eigenvalue weighted by Gasteiger charge is 2.19. The van der Waals surface area contributed by atoms with Crippen molar-refractivity contribution in [2.75, 3.05) is 16.6 Å². The van der Waals surface area contributed by atoms with Gasteiger partial charge in [0.1, 0.15) is 6.26 Å². The molecule has 3 N–H and O–H groups in total. The second-order valence-corrected chi connectivity index (χ2v) is 8.69. The lowest BCUT2D eigenvalue weighted by molar-refractivity contribution is -0.116. The fourth-order valence-corrected chi connectivity index (χ4v) is 4.31. The van der Waals surface area contributed by atoms with Crippen molar-refractivity contribution in [2.24, 2.45) is 0 Å². The van der Waals surface area contributed by atoms with Crippen molar-refractivity contribution >= 4 is 44.8 Å². The number of hydrogen-bond donors (Lipinski definition) is 3. The number of para-hydroxylation sites is 1. The number of carbonyl (C=O) groups is 2. The molecule has 10 heteroatoms. The van der Waals surface area contributed by atoms with Crippen molar-refractivity contribution < 1.29 is 22.4 Å². The summed E-state index contributed by atoms with van der Waals surface area (Å²) in [5.41, 5.74) is 1.44. The molecule has 0 unspecified atom stereocenters. The van der Waals surface area contributed by atoms with E-state index >= 15 is 0 Å². The molecule has 3 aromatic rings. The summed E-state index contributed by atoms with van der Waals surface area (Å²) >= 11 is 6.04. The number of amides is 2. The molecule has 162 valence electrons. The van der Waals surface area contributed by atoms with Crippen molar-refractivity contribution in [3.8, 4) is 0 Å². The zero-order valence-corrected chi connectivity index (χ0v) is 18.1. The van der Waals surface area contributed by atoms with Crippen LogP contribution in [0.4, 0.5) is 11.4 Å². The van der Waals surface area contributed by atoms with E-state index in [0.29, 0.717) is 16.8 Å². The van der Waals surface area contributed by atoms with E-state index in [-0.39, 0.29) is 40.4 Å². The highest BCUT2D eigenvalue weighted by atomic mass is 35.5. The van der Waals surface area contributed by atoms with Gasteiger partial charge in [-0.2, -0.15) is 0 Å². The largest absolute Gasteiger partial charge is 0.472 e. The maximum Gasteiger partial charge on any atom is 0.262 e. The zero-order chi connectivity index (χ0) is 22.4. The third-order valence-corrected chi connectivity index (χ3v) is 6.14. The van der Waals surface area contributed by atoms with Crippen LogP contribution in [-0.4, -0.2) is 26.8 Å². The maximum atomic E-state index is 12.8. The first-order chi connectivity index (χ1) is 14.8. The summed E-state index contributed by atoms with van der Waals surface area (Å²) in [5.74, 6) is -0.727. The van der Waals surface area contributed by atoms with E-state index < -0.39 is 10.0 Å². The molecule has 2 amide bonds. The Balaban J connectivity index is 1.64. The van der Waals surface area contributed by atoms with E-state index in [0.717, 1.165) is 0 Å². The second-order valence-electron chi connectivity index (χ2n) is 6.63. The Morgan fingerprint density at radius 1 is 1.10 bits per heavy atom. The minimum absolute atomic E-state index is 0.0113. The Kier molecular flexibility index (Phi) is 6.98. The summed E-state index contributed by atoms with van der Waals surface area (Å²) in [5, 5.41) is 5.51. The number of carbonyl (C=O) groups excluding carboxylic acids is 2. The zero-order valence-electron chi connectivity index (χ0n) is 16.5. The standard InChI is InChI=1S/C21H20ClN3O5S/c1-14-6-7-16(24-20(26)8-10-23-21(27)15-9-11-30-13-15)12-19(14)31(28,29)25-18-5-3-2-4-17(18)22/h2-7,9,11-13,25H,8,10H2,1H3,(H,23,27)(H,24,26). The topological polar surface area (TPSA) is 118 Å². The number of aryl methyl sites for hydroxylation is 1. The van der Waals surface area contributed by atoms with Crippen LogP contribution in [0, 0.1) is 6.92 Å². The molecule has 0 spiro atoms. The molecule has 0 saturated carbocycles. The van der Waals surface area contributed by atoms with E-state index in [1.54, 1.807) is 43.3 Å². The molecule has 0 atom stereocenters. The summed E-state index contributed by atoms with van der Waals surface area (Å²) in [6.07, 6.45) is 2.70. The molecule has 0 aliphatic rings. The first kappa shape index (κ1) is 22.4. The monoisotopic (exact) mass is 461 g/mol. The summed E-state index contributed by atoms with van der Waals surface area (Å²) in [6, 6.07) is 12.6. The lowest BCUT2D eigenvalue weighted by atomic mass is 10.2. The highest BCUT2D eigenvalue weighted by Crippen LogP contribution is 2.26. The summed E-state index contributed by atoms with van der Waals surface area (Å²) in [7, 11) is -3.93. The molecule has 3 rings (SSSR count). The van der Waals surface area contributed by atoms with E-state index in [1.807, 2.05) is 0 Å². The average molecular weight is 462 g/mol. The van der Waals surface area contributed by atoms with Gasteiger partial charge >= 0.3 is 0 Å². The van der Waals surface area contributed by atoms with Gasteiger partial charge in [0.05, 0.1) is 27.4 Å². The lowest BCUT2D eigenvalue weighted by Crippen LogP contribution is -2.27. The van der Waals surface area contributed by atoms with E-state index in [4.69, 9.17) is 16.0 Å². The fourth-order valence-electron chi connectivity index (χ4n) is 2.72. The fraction of sp³-hybridized carbons (Fsp3) is 0.143. The molecule has 0 fully saturated rings. The van der Waals surface area contributed by atoms with Crippen LogP contribution in [-0.2, 0) is 14.8 Å². The average Bonchev–Trinajstić information content (AvgIpc) is 3.26. The van der Waals surface area contributed by atoms with Crippen LogP contribution in [0.25, 0.3) is 0 Å². The van der Waals surface area contributed by atoms with Gasteiger partial charge in [-0.05, 0) is 42.8 Å². The molecule has 31 heavy (non-hydrogen) atoms. The molecular formula is C21H20ClN3O5S. The number of anilines is 2. The molecule has 1 heterocycles. The van der Waals surface area contributed by atoms with Gasteiger partial charge in [0.15, 0.2) is 0 Å². The summed E-state index contributed by atoms with van der Waals surface area (Å²) in [6.45, 7) is 1.76. The van der Waals surface area contributed by atoms with Crippen LogP contribution >= 0.6 is 11.6 Å². The molecular weight excluding hydrogens is 442 g/mol. The Labute approximate surface area is 184 Å². The van der Waals surface area contributed by atoms with E-state index in [1.165, 1.54) is 24.7 Å². The summed E-state index contributed by atoms with van der Waals surface area (Å²) < 4.78 is 33.0. The van der Waals surface area contributed by atoms with Gasteiger partial charge in [-0.1, -0.05) is 29.8 Å². The van der Waals surface area contributed by atoms with Gasteiger partial charge in [-0.3, -0.25) is 14.3 Å². The Hall–Kier alpha value is -3.30. The molecule has 0 aliphatic carbocycles. The van der Waals surface area contributed by atoms with Crippen LogP contribution in [0.1, 0.15) is 22.3 Å². The van der Waals surface area contributed by atoms with Gasteiger partial charge < -0.3 is 15.1 Å². The highest BCUT2D eigenvalue weighted by molar-refractivity contribution is 7.92.